The number of anilines is 2. The van der Waals surface area contributed by atoms with Crippen LogP contribution < -0.4 is 5.32 Å². The molecule has 3 aliphatic rings. The number of ether oxygens (including phenoxy) is 1. The van der Waals surface area contributed by atoms with E-state index in [1.807, 2.05) is 16.7 Å². The minimum absolute atomic E-state index is 0.0308. The van der Waals surface area contributed by atoms with Crippen LogP contribution in [0, 0.1) is 0 Å². The standard InChI is InChI=1S/C31H32N6O3/c1-20-3-2-4-27-25-7-5-21(15-23(25)17-29(38)37(20)27)24-16-26(30-32-9-10-36(30)19-24)34-28-8-6-22(18-33-28)31(39)35-11-13-40-14-12-35/h5-10,15-16,18-20,27H,2-4,11-14,17H2,1H3,(H,33,34). The van der Waals surface area contributed by atoms with Crippen molar-refractivity contribution in [3.05, 3.63) is 77.9 Å². The van der Waals surface area contributed by atoms with Gasteiger partial charge in [0.15, 0.2) is 5.65 Å². The predicted octanol–water partition coefficient (Wildman–Crippen LogP) is 4.61. The largest absolute Gasteiger partial charge is 0.378 e. The summed E-state index contributed by atoms with van der Waals surface area (Å²) in [6, 6.07) is 12.7. The van der Waals surface area contributed by atoms with Gasteiger partial charge in [0.05, 0.1) is 36.9 Å². The van der Waals surface area contributed by atoms with Crippen LogP contribution >= 0.6 is 0 Å². The Hall–Kier alpha value is -4.24. The van der Waals surface area contributed by atoms with Crippen LogP contribution in [0.4, 0.5) is 11.5 Å². The van der Waals surface area contributed by atoms with Crippen molar-refractivity contribution in [1.82, 2.24) is 24.2 Å². The van der Waals surface area contributed by atoms with E-state index in [9.17, 15) is 9.59 Å². The van der Waals surface area contributed by atoms with E-state index >= 15 is 0 Å². The van der Waals surface area contributed by atoms with E-state index in [1.54, 1.807) is 23.4 Å². The molecule has 6 heterocycles. The van der Waals surface area contributed by atoms with Crippen LogP contribution in [0.2, 0.25) is 0 Å². The third kappa shape index (κ3) is 4.40. The molecule has 4 aromatic rings. The molecule has 0 aliphatic carbocycles. The van der Waals surface area contributed by atoms with Crippen molar-refractivity contribution in [3.8, 4) is 11.1 Å². The summed E-state index contributed by atoms with van der Waals surface area (Å²) >= 11 is 0. The number of morpholine rings is 1. The number of hydrogen-bond donors (Lipinski definition) is 1. The summed E-state index contributed by atoms with van der Waals surface area (Å²) in [7, 11) is 0. The van der Waals surface area contributed by atoms with Crippen molar-refractivity contribution in [2.75, 3.05) is 31.6 Å². The highest BCUT2D eigenvalue weighted by molar-refractivity contribution is 5.94. The molecule has 2 amide bonds. The molecule has 9 heteroatoms. The van der Waals surface area contributed by atoms with E-state index in [-0.39, 0.29) is 17.9 Å². The lowest BCUT2D eigenvalue weighted by molar-refractivity contribution is -0.138. The smallest absolute Gasteiger partial charge is 0.255 e. The Morgan fingerprint density at radius 1 is 1.05 bits per heavy atom. The number of amides is 2. The Morgan fingerprint density at radius 3 is 2.75 bits per heavy atom. The van der Waals surface area contributed by atoms with Gasteiger partial charge >= 0.3 is 0 Å². The molecule has 2 saturated heterocycles. The average molecular weight is 537 g/mol. The Bertz CT molecular complexity index is 1590. The van der Waals surface area contributed by atoms with Gasteiger partial charge in [0.1, 0.15) is 5.82 Å². The van der Waals surface area contributed by atoms with Crippen molar-refractivity contribution in [2.45, 2.75) is 44.7 Å². The van der Waals surface area contributed by atoms with Crippen LogP contribution in [0.15, 0.2) is 61.2 Å². The first-order valence-electron chi connectivity index (χ1n) is 14.1. The van der Waals surface area contributed by atoms with Crippen molar-refractivity contribution in [2.24, 2.45) is 0 Å². The van der Waals surface area contributed by atoms with E-state index in [2.05, 4.69) is 57.6 Å². The molecule has 0 spiro atoms. The van der Waals surface area contributed by atoms with Crippen LogP contribution in [0.25, 0.3) is 16.8 Å². The third-order valence-electron chi connectivity index (χ3n) is 8.43. The van der Waals surface area contributed by atoms with Gasteiger partial charge in [-0.1, -0.05) is 18.2 Å². The quantitative estimate of drug-likeness (QED) is 0.410. The highest BCUT2D eigenvalue weighted by atomic mass is 16.5. The van der Waals surface area contributed by atoms with Gasteiger partial charge in [-0.25, -0.2) is 9.97 Å². The van der Waals surface area contributed by atoms with Gasteiger partial charge in [0.25, 0.3) is 5.91 Å². The van der Waals surface area contributed by atoms with Gasteiger partial charge in [0, 0.05) is 49.5 Å². The molecular formula is C31H32N6O3. The number of carbonyl (C=O) groups excluding carboxylic acids is 2. The lowest BCUT2D eigenvalue weighted by atomic mass is 9.83. The third-order valence-corrected chi connectivity index (χ3v) is 8.43. The second-order valence-electron chi connectivity index (χ2n) is 10.9. The number of aromatic nitrogens is 3. The summed E-state index contributed by atoms with van der Waals surface area (Å²) in [5.41, 5.74) is 6.63. The zero-order valence-electron chi connectivity index (χ0n) is 22.5. The predicted molar refractivity (Wildman–Crippen MR) is 151 cm³/mol. The SMILES string of the molecule is CC1CCCC2c3ccc(-c4cc(Nc5ccc(C(=O)N6CCOCC6)cn5)c5nccn5c4)cc3CC(=O)N12. The summed E-state index contributed by atoms with van der Waals surface area (Å²) < 4.78 is 7.34. The Kier molecular flexibility index (Phi) is 6.23. The molecule has 40 heavy (non-hydrogen) atoms. The minimum atomic E-state index is -0.0308. The van der Waals surface area contributed by atoms with Crippen molar-refractivity contribution in [3.63, 3.8) is 0 Å². The first-order valence-corrected chi connectivity index (χ1v) is 14.1. The Balaban J connectivity index is 1.17. The van der Waals surface area contributed by atoms with Gasteiger partial charge in [0.2, 0.25) is 5.91 Å². The maximum Gasteiger partial charge on any atom is 0.255 e. The highest BCUT2D eigenvalue weighted by Gasteiger charge is 2.37. The number of rotatable bonds is 4. The normalized spacial score (nSPS) is 20.8. The second kappa shape index (κ2) is 10.1. The van der Waals surface area contributed by atoms with Crippen LogP contribution in [0.3, 0.4) is 0 Å². The first-order chi connectivity index (χ1) is 19.5. The van der Waals surface area contributed by atoms with Crippen molar-refractivity contribution >= 4 is 29.0 Å². The van der Waals surface area contributed by atoms with Gasteiger partial charge in [-0.05, 0) is 61.1 Å². The number of piperidine rings is 1. The molecule has 2 fully saturated rings. The van der Waals surface area contributed by atoms with Crippen molar-refractivity contribution in [1.29, 1.82) is 0 Å². The van der Waals surface area contributed by atoms with Crippen LogP contribution in [-0.2, 0) is 16.0 Å². The molecule has 7 rings (SSSR count). The Morgan fingerprint density at radius 2 is 1.93 bits per heavy atom. The number of pyridine rings is 2. The lowest BCUT2D eigenvalue weighted by Crippen LogP contribution is -2.47. The van der Waals surface area contributed by atoms with Crippen LogP contribution in [0.5, 0.6) is 0 Å². The summed E-state index contributed by atoms with van der Waals surface area (Å²) in [6.45, 7) is 4.49. The molecule has 1 N–H and O–H groups in total. The minimum Gasteiger partial charge on any atom is -0.378 e. The van der Waals surface area contributed by atoms with E-state index < -0.39 is 0 Å². The van der Waals surface area contributed by atoms with Gasteiger partial charge in [-0.3, -0.25) is 9.59 Å². The monoisotopic (exact) mass is 536 g/mol. The zero-order chi connectivity index (χ0) is 27.2. The van der Waals surface area contributed by atoms with Gasteiger partial charge in [-0.15, -0.1) is 0 Å². The second-order valence-corrected chi connectivity index (χ2v) is 10.9. The molecular weight excluding hydrogens is 504 g/mol. The van der Waals surface area contributed by atoms with E-state index in [1.165, 1.54) is 5.56 Å². The summed E-state index contributed by atoms with van der Waals surface area (Å²) in [5.74, 6) is 0.829. The van der Waals surface area contributed by atoms with E-state index in [0.717, 1.165) is 47.3 Å². The van der Waals surface area contributed by atoms with E-state index in [4.69, 9.17) is 4.74 Å². The number of hydrogen-bond acceptors (Lipinski definition) is 6. The summed E-state index contributed by atoms with van der Waals surface area (Å²) in [4.78, 5) is 38.8. The fourth-order valence-electron chi connectivity index (χ4n) is 6.40. The molecule has 3 aliphatic heterocycles. The Labute approximate surface area is 232 Å². The molecule has 1 aromatic carbocycles. The molecule has 0 radical (unpaired) electrons. The summed E-state index contributed by atoms with van der Waals surface area (Å²) in [5, 5.41) is 3.40. The molecule has 204 valence electrons. The van der Waals surface area contributed by atoms with Crippen LogP contribution in [-0.4, -0.2) is 68.3 Å². The molecule has 9 nitrogen and oxygen atoms in total. The molecule has 0 bridgehead atoms. The fraction of sp³-hybridized carbons (Fsp3) is 0.355. The maximum atomic E-state index is 13.1. The molecule has 2 atom stereocenters. The molecule has 0 saturated carbocycles. The molecule has 2 unspecified atom stereocenters. The lowest BCUT2D eigenvalue weighted by Gasteiger charge is -2.44. The summed E-state index contributed by atoms with van der Waals surface area (Å²) in [6.07, 6.45) is 11.1. The highest BCUT2D eigenvalue weighted by Crippen LogP contribution is 2.41. The van der Waals surface area contributed by atoms with Gasteiger partial charge in [-0.2, -0.15) is 0 Å². The zero-order valence-corrected chi connectivity index (χ0v) is 22.5. The number of nitrogens with zero attached hydrogens (tertiary/aromatic N) is 5. The number of benzene rings is 1. The average Bonchev–Trinajstić information content (AvgIpc) is 3.47. The number of fused-ring (bicyclic) bond motifs is 4. The number of imidazole rings is 1. The first kappa shape index (κ1) is 24.8. The van der Waals surface area contributed by atoms with Gasteiger partial charge < -0.3 is 24.3 Å². The topological polar surface area (TPSA) is 92.1 Å². The fourth-order valence-corrected chi connectivity index (χ4v) is 6.40. The molecule has 3 aromatic heterocycles. The number of carbonyl (C=O) groups is 2. The van der Waals surface area contributed by atoms with Crippen LogP contribution in [0.1, 0.15) is 53.7 Å². The van der Waals surface area contributed by atoms with Crippen molar-refractivity contribution < 1.29 is 14.3 Å². The van der Waals surface area contributed by atoms with E-state index in [0.29, 0.717) is 50.1 Å². The maximum absolute atomic E-state index is 13.1. The number of nitrogens with one attached hydrogen (secondary N) is 1.